The average Bonchev–Trinajstić information content (AvgIpc) is 3.12. The van der Waals surface area contributed by atoms with E-state index in [0.29, 0.717) is 37.8 Å². The minimum absolute atomic E-state index is 0.0212. The van der Waals surface area contributed by atoms with Crippen molar-refractivity contribution in [1.29, 1.82) is 0 Å². The highest BCUT2D eigenvalue weighted by Gasteiger charge is 2.29. The number of carboxylic acids is 1. The fourth-order valence-corrected chi connectivity index (χ4v) is 4.80. The van der Waals surface area contributed by atoms with Crippen molar-refractivity contribution >= 4 is 29.4 Å². The monoisotopic (exact) mass is 456 g/mol. The third-order valence-electron chi connectivity index (χ3n) is 6.47. The molecule has 33 heavy (non-hydrogen) atoms. The summed E-state index contributed by atoms with van der Waals surface area (Å²) >= 11 is 0. The van der Waals surface area contributed by atoms with E-state index in [9.17, 15) is 19.5 Å². The molecule has 2 aliphatic heterocycles. The molecule has 0 spiro atoms. The van der Waals surface area contributed by atoms with Crippen LogP contribution in [0.1, 0.15) is 63.4 Å². The fourth-order valence-electron chi connectivity index (χ4n) is 4.80. The molecule has 0 unspecified atom stereocenters. The molecule has 1 aliphatic carbocycles. The summed E-state index contributed by atoms with van der Waals surface area (Å²) in [6, 6.07) is 5.65. The predicted molar refractivity (Wildman–Crippen MR) is 122 cm³/mol. The summed E-state index contributed by atoms with van der Waals surface area (Å²) in [5, 5.41) is 12.1. The molecule has 1 aromatic rings. The number of nitrogens with one attached hydrogen (secondary N) is 1. The summed E-state index contributed by atoms with van der Waals surface area (Å²) in [5.74, 6) is 0.163. The summed E-state index contributed by atoms with van der Waals surface area (Å²) in [6.07, 6.45) is 8.16. The number of hydrogen-bond acceptors (Lipinski definition) is 6. The Morgan fingerprint density at radius 2 is 1.91 bits per heavy atom. The lowest BCUT2D eigenvalue weighted by molar-refractivity contribution is -0.146. The number of nitrogens with zero attached hydrogens (tertiary/aromatic N) is 3. The molecular weight excluding hydrogens is 424 g/mol. The van der Waals surface area contributed by atoms with Gasteiger partial charge < -0.3 is 19.6 Å². The quantitative estimate of drug-likeness (QED) is 0.582. The molecular formula is C24H32N4O5. The summed E-state index contributed by atoms with van der Waals surface area (Å²) in [6.45, 7) is 1.04. The van der Waals surface area contributed by atoms with Gasteiger partial charge in [0.15, 0.2) is 0 Å². The minimum atomic E-state index is -0.962. The van der Waals surface area contributed by atoms with E-state index in [2.05, 4.69) is 10.3 Å². The van der Waals surface area contributed by atoms with Gasteiger partial charge in [-0.2, -0.15) is 0 Å². The minimum Gasteiger partial charge on any atom is -0.494 e. The standard InChI is InChI=1S/C24H32N4O5/c29-21-15-27-14-17-13-19(10-11-20(17)25-24(27)26-21)33-12-6-9-22(30)28(16-23(31)32)18-7-4-2-1-3-5-8-18/h10-11,13,18H,1-9,12,14-16H2,(H,31,32)(H,25,26,29). The van der Waals surface area contributed by atoms with Gasteiger partial charge in [0, 0.05) is 24.6 Å². The van der Waals surface area contributed by atoms with Gasteiger partial charge >= 0.3 is 5.97 Å². The van der Waals surface area contributed by atoms with Crippen LogP contribution < -0.4 is 10.1 Å². The van der Waals surface area contributed by atoms with E-state index in [0.717, 1.165) is 49.8 Å². The zero-order chi connectivity index (χ0) is 23.2. The number of ether oxygens (including phenoxy) is 1. The highest BCUT2D eigenvalue weighted by Crippen LogP contribution is 2.30. The van der Waals surface area contributed by atoms with Gasteiger partial charge in [-0.1, -0.05) is 32.1 Å². The Balaban J connectivity index is 1.28. The topological polar surface area (TPSA) is 112 Å². The van der Waals surface area contributed by atoms with Crippen LogP contribution in [0.3, 0.4) is 0 Å². The van der Waals surface area contributed by atoms with Crippen LogP contribution in [0, 0.1) is 0 Å². The lowest BCUT2D eigenvalue weighted by atomic mass is 9.95. The molecule has 9 nitrogen and oxygen atoms in total. The summed E-state index contributed by atoms with van der Waals surface area (Å²) < 4.78 is 5.86. The molecule has 1 aromatic carbocycles. The zero-order valence-corrected chi connectivity index (χ0v) is 18.9. The van der Waals surface area contributed by atoms with E-state index in [1.165, 1.54) is 6.42 Å². The third-order valence-corrected chi connectivity index (χ3v) is 6.47. The van der Waals surface area contributed by atoms with Crippen molar-refractivity contribution in [3.05, 3.63) is 23.8 Å². The number of carbonyl (C=O) groups is 3. The van der Waals surface area contributed by atoms with Crippen molar-refractivity contribution in [2.45, 2.75) is 70.4 Å². The van der Waals surface area contributed by atoms with E-state index < -0.39 is 5.97 Å². The molecule has 0 atom stereocenters. The number of rotatable bonds is 8. The number of aliphatic carboxylic acids is 1. The van der Waals surface area contributed by atoms with E-state index >= 15 is 0 Å². The smallest absolute Gasteiger partial charge is 0.323 e. The molecule has 2 fully saturated rings. The molecule has 1 saturated carbocycles. The lowest BCUT2D eigenvalue weighted by Gasteiger charge is -2.32. The number of carboxylic acid groups (broad SMARTS) is 1. The average molecular weight is 457 g/mol. The number of guanidine groups is 1. The first kappa shape index (κ1) is 23.1. The molecule has 1 saturated heterocycles. The SMILES string of the molecule is O=C(O)CN(C(=O)CCCOc1ccc2c(c1)CN1CC(=O)NC1=N2)C1CCCCCCC1. The maximum absolute atomic E-state index is 12.9. The maximum Gasteiger partial charge on any atom is 0.323 e. The predicted octanol–water partition coefficient (Wildman–Crippen LogP) is 2.80. The molecule has 4 rings (SSSR count). The van der Waals surface area contributed by atoms with E-state index in [-0.39, 0.29) is 30.8 Å². The Bertz CT molecular complexity index is 923. The molecule has 178 valence electrons. The summed E-state index contributed by atoms with van der Waals surface area (Å²) in [5.41, 5.74) is 1.80. The molecule has 0 radical (unpaired) electrons. The molecule has 3 aliphatic rings. The number of hydrogen-bond donors (Lipinski definition) is 2. The van der Waals surface area contributed by atoms with Crippen LogP contribution in [0.15, 0.2) is 23.2 Å². The van der Waals surface area contributed by atoms with Crippen LogP contribution in [-0.2, 0) is 20.9 Å². The van der Waals surface area contributed by atoms with Gasteiger partial charge in [-0.3, -0.25) is 19.7 Å². The molecule has 0 bridgehead atoms. The van der Waals surface area contributed by atoms with Crippen molar-refractivity contribution in [3.8, 4) is 5.75 Å². The molecule has 2 N–H and O–H groups in total. The Labute approximate surface area is 193 Å². The van der Waals surface area contributed by atoms with Crippen molar-refractivity contribution in [2.24, 2.45) is 4.99 Å². The number of benzene rings is 1. The van der Waals surface area contributed by atoms with Crippen LogP contribution in [0.2, 0.25) is 0 Å². The highest BCUT2D eigenvalue weighted by atomic mass is 16.5. The first-order chi connectivity index (χ1) is 16.0. The third kappa shape index (κ3) is 6.03. The Kier molecular flexibility index (Phi) is 7.47. The van der Waals surface area contributed by atoms with Crippen LogP contribution in [0.4, 0.5) is 5.69 Å². The van der Waals surface area contributed by atoms with E-state index in [1.807, 2.05) is 23.1 Å². The molecule has 2 heterocycles. The van der Waals surface area contributed by atoms with Gasteiger partial charge in [0.1, 0.15) is 18.8 Å². The molecule has 2 amide bonds. The van der Waals surface area contributed by atoms with Crippen LogP contribution in [0.25, 0.3) is 0 Å². The van der Waals surface area contributed by atoms with E-state index in [4.69, 9.17) is 4.74 Å². The van der Waals surface area contributed by atoms with Gasteiger partial charge in [-0.25, -0.2) is 4.99 Å². The number of aliphatic imine (C=N–C) groups is 1. The van der Waals surface area contributed by atoms with Gasteiger partial charge in [-0.15, -0.1) is 0 Å². The summed E-state index contributed by atoms with van der Waals surface area (Å²) in [4.78, 5) is 43.8. The van der Waals surface area contributed by atoms with Crippen LogP contribution >= 0.6 is 0 Å². The summed E-state index contributed by atoms with van der Waals surface area (Å²) in [7, 11) is 0. The first-order valence-electron chi connectivity index (χ1n) is 11.9. The van der Waals surface area contributed by atoms with Gasteiger partial charge in [0.05, 0.1) is 12.3 Å². The lowest BCUT2D eigenvalue weighted by Crippen LogP contribution is -2.43. The number of carbonyl (C=O) groups excluding carboxylic acids is 2. The zero-order valence-electron chi connectivity index (χ0n) is 18.9. The maximum atomic E-state index is 12.9. The van der Waals surface area contributed by atoms with Crippen molar-refractivity contribution in [1.82, 2.24) is 15.1 Å². The van der Waals surface area contributed by atoms with Crippen molar-refractivity contribution in [3.63, 3.8) is 0 Å². The highest BCUT2D eigenvalue weighted by molar-refractivity contribution is 6.05. The van der Waals surface area contributed by atoms with E-state index in [1.54, 1.807) is 4.90 Å². The van der Waals surface area contributed by atoms with Gasteiger partial charge in [0.2, 0.25) is 17.8 Å². The number of fused-ring (bicyclic) bond motifs is 2. The Morgan fingerprint density at radius 3 is 2.67 bits per heavy atom. The normalized spacial score (nSPS) is 18.4. The van der Waals surface area contributed by atoms with Crippen LogP contribution in [-0.4, -0.2) is 64.4 Å². The largest absolute Gasteiger partial charge is 0.494 e. The van der Waals surface area contributed by atoms with Gasteiger partial charge in [0.25, 0.3) is 0 Å². The Morgan fingerprint density at radius 1 is 1.15 bits per heavy atom. The fraction of sp³-hybridized carbons (Fsp3) is 0.583. The van der Waals surface area contributed by atoms with Gasteiger partial charge in [-0.05, 0) is 37.5 Å². The second kappa shape index (κ2) is 10.7. The second-order valence-corrected chi connectivity index (χ2v) is 9.00. The Hall–Kier alpha value is -3.10. The molecule has 9 heteroatoms. The first-order valence-corrected chi connectivity index (χ1v) is 11.9. The van der Waals surface area contributed by atoms with Crippen molar-refractivity contribution < 1.29 is 24.2 Å². The van der Waals surface area contributed by atoms with Crippen molar-refractivity contribution in [2.75, 3.05) is 19.7 Å². The molecule has 0 aromatic heterocycles. The second-order valence-electron chi connectivity index (χ2n) is 9.00. The van der Waals surface area contributed by atoms with Crippen LogP contribution in [0.5, 0.6) is 5.75 Å². The number of amides is 2.